The fraction of sp³-hybridized carbons (Fsp3) is 0.857. The van der Waals surface area contributed by atoms with Crippen LogP contribution in [0.1, 0.15) is 181 Å². The van der Waals surface area contributed by atoms with Gasteiger partial charge in [-0.15, -0.1) is 0 Å². The number of likely N-dealkylation sites (N-methyl/N-ethyl adjacent to an activating group) is 1. The van der Waals surface area contributed by atoms with Crippen molar-refractivity contribution in [1.29, 1.82) is 0 Å². The lowest BCUT2D eigenvalue weighted by atomic mass is 10.1. The molecule has 0 aromatic carbocycles. The van der Waals surface area contributed by atoms with Gasteiger partial charge in [0, 0.05) is 12.8 Å². The van der Waals surface area contributed by atoms with Gasteiger partial charge in [-0.1, -0.05) is 134 Å². The van der Waals surface area contributed by atoms with Crippen LogP contribution in [0.25, 0.3) is 0 Å². The number of phosphoric ester groups is 1. The minimum Gasteiger partial charge on any atom is -0.756 e. The molecule has 0 N–H and O–H groups in total. The lowest BCUT2D eigenvalue weighted by Gasteiger charge is -2.28. The van der Waals surface area contributed by atoms with Crippen molar-refractivity contribution in [1.82, 2.24) is 0 Å². The Morgan fingerprint density at radius 1 is 0.577 bits per heavy atom. The average molecular weight is 758 g/mol. The molecule has 2 atom stereocenters. The van der Waals surface area contributed by atoms with Gasteiger partial charge in [-0.05, 0) is 57.8 Å². The number of esters is 2. The van der Waals surface area contributed by atoms with Crippen molar-refractivity contribution in [2.45, 2.75) is 187 Å². The monoisotopic (exact) mass is 758 g/mol. The van der Waals surface area contributed by atoms with E-state index in [0.29, 0.717) is 17.4 Å². The molecule has 0 radical (unpaired) electrons. The molecule has 0 fully saturated rings. The Labute approximate surface area is 319 Å². The predicted octanol–water partition coefficient (Wildman–Crippen LogP) is 10.9. The lowest BCUT2D eigenvalue weighted by molar-refractivity contribution is -0.870. The van der Waals surface area contributed by atoms with Crippen molar-refractivity contribution in [2.24, 2.45) is 0 Å². The van der Waals surface area contributed by atoms with Gasteiger partial charge >= 0.3 is 11.9 Å². The van der Waals surface area contributed by atoms with Crippen LogP contribution in [-0.2, 0) is 32.7 Å². The number of hydrogen-bond acceptors (Lipinski definition) is 8. The Morgan fingerprint density at radius 2 is 1.00 bits per heavy atom. The van der Waals surface area contributed by atoms with Gasteiger partial charge in [-0.3, -0.25) is 14.2 Å². The number of nitrogens with zero attached hydrogens (tertiary/aromatic N) is 1. The topological polar surface area (TPSA) is 111 Å². The summed E-state index contributed by atoms with van der Waals surface area (Å²) in [6.07, 6.45) is 36.3. The van der Waals surface area contributed by atoms with Crippen LogP contribution in [0.4, 0.5) is 0 Å². The third-order valence-electron chi connectivity index (χ3n) is 8.94. The maximum absolute atomic E-state index is 12.6. The Kier molecular flexibility index (Phi) is 34.2. The van der Waals surface area contributed by atoms with Crippen LogP contribution in [-0.4, -0.2) is 70.0 Å². The zero-order valence-electron chi connectivity index (χ0n) is 34.3. The molecule has 0 aromatic rings. The predicted molar refractivity (Wildman–Crippen MR) is 213 cm³/mol. The highest BCUT2D eigenvalue weighted by Crippen LogP contribution is 2.38. The number of allylic oxidation sites excluding steroid dienone is 4. The van der Waals surface area contributed by atoms with Crippen molar-refractivity contribution in [2.75, 3.05) is 47.5 Å². The van der Waals surface area contributed by atoms with Crippen molar-refractivity contribution >= 4 is 19.8 Å². The number of unbranched alkanes of at least 4 members (excludes halogenated alkanes) is 20. The van der Waals surface area contributed by atoms with Gasteiger partial charge in [0.25, 0.3) is 7.82 Å². The molecule has 0 saturated heterocycles. The molecule has 0 aliphatic carbocycles. The maximum atomic E-state index is 12.6. The van der Waals surface area contributed by atoms with Gasteiger partial charge in [-0.25, -0.2) is 0 Å². The first-order valence-electron chi connectivity index (χ1n) is 21.0. The number of carbonyl (C=O) groups excluding carboxylic acids is 2. The molecule has 0 amide bonds. The van der Waals surface area contributed by atoms with Crippen LogP contribution in [0.2, 0.25) is 0 Å². The highest BCUT2D eigenvalue weighted by Gasteiger charge is 2.21. The molecule has 0 bridgehead atoms. The molecular weight excluding hydrogens is 677 g/mol. The normalized spacial score (nSPS) is 13.9. The van der Waals surface area contributed by atoms with E-state index >= 15 is 0 Å². The third kappa shape index (κ3) is 38.2. The second-order valence-corrected chi connectivity index (χ2v) is 16.8. The molecule has 0 heterocycles. The van der Waals surface area contributed by atoms with Crippen LogP contribution in [0.3, 0.4) is 0 Å². The van der Waals surface area contributed by atoms with Gasteiger partial charge in [-0.2, -0.15) is 0 Å². The van der Waals surface area contributed by atoms with E-state index in [1.54, 1.807) is 0 Å². The van der Waals surface area contributed by atoms with Crippen LogP contribution >= 0.6 is 7.82 Å². The Morgan fingerprint density at radius 3 is 1.48 bits per heavy atom. The van der Waals surface area contributed by atoms with Gasteiger partial charge in [0.2, 0.25) is 0 Å². The summed E-state index contributed by atoms with van der Waals surface area (Å²) in [6, 6.07) is 0. The molecule has 0 aliphatic heterocycles. The van der Waals surface area contributed by atoms with Crippen molar-refractivity contribution in [3.8, 4) is 0 Å². The highest BCUT2D eigenvalue weighted by molar-refractivity contribution is 7.45. The molecule has 0 rings (SSSR count). The summed E-state index contributed by atoms with van der Waals surface area (Å²) in [5, 5.41) is 0. The van der Waals surface area contributed by atoms with E-state index in [-0.39, 0.29) is 26.1 Å². The third-order valence-corrected chi connectivity index (χ3v) is 9.91. The first-order valence-corrected chi connectivity index (χ1v) is 22.5. The first-order chi connectivity index (χ1) is 25.0. The van der Waals surface area contributed by atoms with Gasteiger partial charge in [0.15, 0.2) is 6.10 Å². The molecule has 9 nitrogen and oxygen atoms in total. The van der Waals surface area contributed by atoms with Crippen molar-refractivity contribution in [3.63, 3.8) is 0 Å². The Hall–Kier alpha value is -1.51. The SMILES string of the molecule is CCCC/C=C/CCCCCCCC(=O)OC[C@H](COP(=O)([O-])OCC[N+](C)(C)C)OC(=O)CCCCCCCCC/C=C/CCCCCCCC. The standard InChI is InChI=1S/C42H80NO8P/c1-6-8-10-12-14-16-18-19-20-21-22-23-25-27-29-31-33-35-42(45)51-40(39-50-52(46,47)49-37-36-43(3,4)5)38-48-41(44)34-32-30-28-26-24-17-15-13-11-9-7-2/h13,15,19-20,40H,6-12,14,16-18,21-39H2,1-5H3/b15-13+,20-19+/t40-/m1/s1. The highest BCUT2D eigenvalue weighted by atomic mass is 31.2. The van der Waals surface area contributed by atoms with Crippen LogP contribution in [0.5, 0.6) is 0 Å². The fourth-order valence-electron chi connectivity index (χ4n) is 5.57. The zero-order valence-corrected chi connectivity index (χ0v) is 35.2. The molecule has 306 valence electrons. The van der Waals surface area contributed by atoms with Gasteiger partial charge in [0.1, 0.15) is 19.8 Å². The average Bonchev–Trinajstić information content (AvgIpc) is 3.09. The van der Waals surface area contributed by atoms with Crippen LogP contribution in [0.15, 0.2) is 24.3 Å². The molecule has 0 aromatic heterocycles. The van der Waals surface area contributed by atoms with Gasteiger partial charge < -0.3 is 27.9 Å². The molecule has 10 heteroatoms. The second-order valence-electron chi connectivity index (χ2n) is 15.3. The van der Waals surface area contributed by atoms with E-state index in [1.165, 1.54) is 77.0 Å². The molecular formula is C42H80NO8P. The number of phosphoric acid groups is 1. The van der Waals surface area contributed by atoms with Crippen molar-refractivity contribution in [3.05, 3.63) is 24.3 Å². The minimum absolute atomic E-state index is 0.0320. The number of carbonyl (C=O) groups is 2. The van der Waals surface area contributed by atoms with E-state index in [4.69, 9.17) is 18.5 Å². The van der Waals surface area contributed by atoms with Gasteiger partial charge in [0.05, 0.1) is 27.7 Å². The van der Waals surface area contributed by atoms with Crippen molar-refractivity contribution < 1.29 is 42.1 Å². The molecule has 0 spiro atoms. The number of rotatable bonds is 38. The van der Waals surface area contributed by atoms with E-state index in [1.807, 2.05) is 21.1 Å². The Bertz CT molecular complexity index is 949. The number of ether oxygens (including phenoxy) is 2. The van der Waals surface area contributed by atoms with E-state index in [0.717, 1.165) is 70.6 Å². The second kappa shape index (κ2) is 35.2. The summed E-state index contributed by atoms with van der Waals surface area (Å²) in [4.78, 5) is 37.4. The van der Waals surface area contributed by atoms with E-state index in [9.17, 15) is 19.0 Å². The number of quaternary nitrogens is 1. The quantitative estimate of drug-likeness (QED) is 0.0201. The van der Waals surface area contributed by atoms with E-state index < -0.39 is 32.5 Å². The first kappa shape index (κ1) is 50.5. The largest absolute Gasteiger partial charge is 0.756 e. The Balaban J connectivity index is 4.37. The summed E-state index contributed by atoms with van der Waals surface area (Å²) in [7, 11) is 1.16. The smallest absolute Gasteiger partial charge is 0.306 e. The summed E-state index contributed by atoms with van der Waals surface area (Å²) in [6.45, 7) is 4.17. The van der Waals surface area contributed by atoms with E-state index in [2.05, 4.69) is 38.2 Å². The molecule has 0 aliphatic rings. The summed E-state index contributed by atoms with van der Waals surface area (Å²) in [5.74, 6) is -0.849. The summed E-state index contributed by atoms with van der Waals surface area (Å²) < 4.78 is 33.8. The number of hydrogen-bond donors (Lipinski definition) is 0. The molecule has 1 unspecified atom stereocenters. The zero-order chi connectivity index (χ0) is 38.6. The van der Waals surface area contributed by atoms with Crippen LogP contribution in [0, 0.1) is 0 Å². The molecule has 52 heavy (non-hydrogen) atoms. The lowest BCUT2D eigenvalue weighted by Crippen LogP contribution is -2.37. The molecule has 0 saturated carbocycles. The summed E-state index contributed by atoms with van der Waals surface area (Å²) in [5.41, 5.74) is 0. The maximum Gasteiger partial charge on any atom is 0.306 e. The summed E-state index contributed by atoms with van der Waals surface area (Å²) >= 11 is 0. The fourth-order valence-corrected chi connectivity index (χ4v) is 6.30. The van der Waals surface area contributed by atoms with Crippen LogP contribution < -0.4 is 4.89 Å². The minimum atomic E-state index is -4.62.